The quantitative estimate of drug-likeness (QED) is 0.907. The van der Waals surface area contributed by atoms with Crippen molar-refractivity contribution in [2.24, 2.45) is 5.73 Å². The number of carbonyl (C=O) groups excluding carboxylic acids is 1. The molecule has 1 fully saturated rings. The minimum Gasteiger partial charge on any atom is -0.341 e. The first-order chi connectivity index (χ1) is 10.5. The highest BCUT2D eigenvalue weighted by Crippen LogP contribution is 2.23. The molecule has 0 aliphatic carbocycles. The predicted molar refractivity (Wildman–Crippen MR) is 90.4 cm³/mol. The Morgan fingerprint density at radius 1 is 1.41 bits per heavy atom. The van der Waals surface area contributed by atoms with Crippen LogP contribution in [0.1, 0.15) is 38.7 Å². The highest BCUT2D eigenvalue weighted by molar-refractivity contribution is 5.81. The lowest BCUT2D eigenvalue weighted by Gasteiger charge is -2.41. The molecule has 4 heteroatoms. The van der Waals surface area contributed by atoms with Crippen molar-refractivity contribution in [2.75, 3.05) is 13.6 Å². The van der Waals surface area contributed by atoms with E-state index in [1.165, 1.54) is 5.56 Å². The van der Waals surface area contributed by atoms with Crippen LogP contribution in [0.2, 0.25) is 0 Å². The molecule has 4 nitrogen and oxygen atoms in total. The van der Waals surface area contributed by atoms with Gasteiger partial charge in [-0.2, -0.15) is 0 Å². The molecular formula is C18H29N3O. The van der Waals surface area contributed by atoms with E-state index in [9.17, 15) is 4.79 Å². The Balaban J connectivity index is 1.91. The summed E-state index contributed by atoms with van der Waals surface area (Å²) in [6.07, 6.45) is 2.74. The van der Waals surface area contributed by atoms with Gasteiger partial charge >= 0.3 is 0 Å². The number of hydrogen-bond acceptors (Lipinski definition) is 3. The zero-order chi connectivity index (χ0) is 16.1. The summed E-state index contributed by atoms with van der Waals surface area (Å²) in [6, 6.07) is 11.0. The normalized spacial score (nSPS) is 24.0. The lowest BCUT2D eigenvalue weighted by atomic mass is 9.96. The summed E-state index contributed by atoms with van der Waals surface area (Å²) in [5, 5.41) is 0. The second kappa shape index (κ2) is 7.75. The van der Waals surface area contributed by atoms with E-state index in [1.807, 2.05) is 18.9 Å². The van der Waals surface area contributed by atoms with Gasteiger partial charge in [0.1, 0.15) is 0 Å². The van der Waals surface area contributed by atoms with Gasteiger partial charge in [-0.15, -0.1) is 0 Å². The number of rotatable bonds is 5. The zero-order valence-corrected chi connectivity index (χ0v) is 14.0. The maximum atomic E-state index is 12.2. The summed E-state index contributed by atoms with van der Waals surface area (Å²) in [7, 11) is 1.90. The van der Waals surface area contributed by atoms with Crippen LogP contribution in [0.4, 0.5) is 0 Å². The van der Waals surface area contributed by atoms with Gasteiger partial charge in [-0.1, -0.05) is 37.3 Å². The van der Waals surface area contributed by atoms with Crippen molar-refractivity contribution >= 4 is 5.91 Å². The molecule has 1 heterocycles. The fourth-order valence-electron chi connectivity index (χ4n) is 3.22. The number of benzene rings is 1. The van der Waals surface area contributed by atoms with E-state index in [2.05, 4.69) is 42.2 Å². The third-order valence-corrected chi connectivity index (χ3v) is 4.87. The lowest BCUT2D eigenvalue weighted by Crippen LogP contribution is -2.52. The Morgan fingerprint density at radius 2 is 2.09 bits per heavy atom. The number of nitrogens with two attached hydrogens (primary N) is 1. The number of amides is 1. The molecule has 1 aliphatic rings. The van der Waals surface area contributed by atoms with Gasteiger partial charge in [0.05, 0.1) is 6.04 Å². The Hall–Kier alpha value is -1.39. The molecule has 22 heavy (non-hydrogen) atoms. The highest BCUT2D eigenvalue weighted by atomic mass is 16.2. The van der Waals surface area contributed by atoms with Crippen molar-refractivity contribution in [2.45, 2.75) is 57.8 Å². The Bertz CT molecular complexity index is 476. The molecule has 0 bridgehead atoms. The van der Waals surface area contributed by atoms with Gasteiger partial charge in [-0.25, -0.2) is 0 Å². The van der Waals surface area contributed by atoms with Crippen LogP contribution >= 0.6 is 0 Å². The molecule has 0 spiro atoms. The Morgan fingerprint density at radius 3 is 2.68 bits per heavy atom. The number of nitrogens with zero attached hydrogens (tertiary/aromatic N) is 2. The van der Waals surface area contributed by atoms with E-state index in [0.717, 1.165) is 25.9 Å². The van der Waals surface area contributed by atoms with Crippen LogP contribution in [0.15, 0.2) is 30.3 Å². The molecule has 2 rings (SSSR count). The number of likely N-dealkylation sites (tertiary alicyclic amines) is 1. The molecule has 1 aliphatic heterocycles. The molecule has 0 saturated carbocycles. The molecule has 3 atom stereocenters. The third-order valence-electron chi connectivity index (χ3n) is 4.87. The van der Waals surface area contributed by atoms with Crippen molar-refractivity contribution in [1.82, 2.24) is 9.80 Å². The van der Waals surface area contributed by atoms with Gasteiger partial charge in [-0.05, 0) is 31.7 Å². The summed E-state index contributed by atoms with van der Waals surface area (Å²) in [6.45, 7) is 6.23. The van der Waals surface area contributed by atoms with E-state index < -0.39 is 0 Å². The van der Waals surface area contributed by atoms with Crippen molar-refractivity contribution in [3.8, 4) is 0 Å². The summed E-state index contributed by atoms with van der Waals surface area (Å²) < 4.78 is 0. The van der Waals surface area contributed by atoms with Crippen LogP contribution in [-0.2, 0) is 11.3 Å². The average Bonchev–Trinajstić information content (AvgIpc) is 2.55. The Labute approximate surface area is 134 Å². The maximum Gasteiger partial charge on any atom is 0.239 e. The number of hydrogen-bond donors (Lipinski definition) is 1. The van der Waals surface area contributed by atoms with Gasteiger partial charge < -0.3 is 10.6 Å². The van der Waals surface area contributed by atoms with Crippen molar-refractivity contribution in [3.63, 3.8) is 0 Å². The second-order valence-electron chi connectivity index (χ2n) is 6.45. The summed E-state index contributed by atoms with van der Waals surface area (Å²) in [5.74, 6) is 0.0798. The first kappa shape index (κ1) is 17.0. The molecular weight excluding hydrogens is 274 g/mol. The summed E-state index contributed by atoms with van der Waals surface area (Å²) in [5.41, 5.74) is 7.24. The van der Waals surface area contributed by atoms with E-state index in [4.69, 9.17) is 5.73 Å². The standard InChI is InChI=1S/C18H29N3O/c1-4-17(19)18(22)20(3)16-10-11-21(14(2)12-16)13-15-8-6-5-7-9-15/h5-9,14,16-17H,4,10-13,19H2,1-3H3/t14-,16+,17-/m0/s1. The first-order valence-corrected chi connectivity index (χ1v) is 8.33. The SMILES string of the molecule is CC[C@H](N)C(=O)N(C)[C@@H]1CCN(Cc2ccccc2)[C@@H](C)C1. The van der Waals surface area contributed by atoms with Crippen LogP contribution in [-0.4, -0.2) is 47.4 Å². The molecule has 122 valence electrons. The molecule has 0 radical (unpaired) electrons. The first-order valence-electron chi connectivity index (χ1n) is 8.33. The second-order valence-corrected chi connectivity index (χ2v) is 6.45. The zero-order valence-electron chi connectivity index (χ0n) is 14.0. The maximum absolute atomic E-state index is 12.2. The van der Waals surface area contributed by atoms with Gasteiger partial charge in [-0.3, -0.25) is 9.69 Å². The Kier molecular flexibility index (Phi) is 5.98. The van der Waals surface area contributed by atoms with Crippen molar-refractivity contribution < 1.29 is 4.79 Å². The third kappa shape index (κ3) is 4.08. The van der Waals surface area contributed by atoms with E-state index in [0.29, 0.717) is 18.5 Å². The van der Waals surface area contributed by atoms with E-state index >= 15 is 0 Å². The van der Waals surface area contributed by atoms with E-state index in [1.54, 1.807) is 0 Å². The van der Waals surface area contributed by atoms with Gasteiger partial charge in [0.25, 0.3) is 0 Å². The largest absolute Gasteiger partial charge is 0.341 e. The minimum absolute atomic E-state index is 0.0798. The molecule has 1 aromatic carbocycles. The molecule has 0 aromatic heterocycles. The van der Waals surface area contributed by atoms with Crippen LogP contribution in [0.5, 0.6) is 0 Å². The lowest BCUT2D eigenvalue weighted by molar-refractivity contribution is -0.134. The van der Waals surface area contributed by atoms with Crippen LogP contribution in [0.25, 0.3) is 0 Å². The summed E-state index contributed by atoms with van der Waals surface area (Å²) >= 11 is 0. The van der Waals surface area contributed by atoms with Gasteiger partial charge in [0, 0.05) is 32.2 Å². The number of piperidine rings is 1. The molecule has 1 saturated heterocycles. The van der Waals surface area contributed by atoms with Crippen LogP contribution in [0, 0.1) is 0 Å². The number of carbonyl (C=O) groups is 1. The molecule has 1 amide bonds. The molecule has 0 unspecified atom stereocenters. The number of likely N-dealkylation sites (N-methyl/N-ethyl adjacent to an activating group) is 1. The van der Waals surface area contributed by atoms with Gasteiger partial charge in [0.15, 0.2) is 0 Å². The average molecular weight is 303 g/mol. The predicted octanol–water partition coefficient (Wildman–Crippen LogP) is 2.24. The topological polar surface area (TPSA) is 49.6 Å². The summed E-state index contributed by atoms with van der Waals surface area (Å²) in [4.78, 5) is 16.6. The molecule has 2 N–H and O–H groups in total. The van der Waals surface area contributed by atoms with Crippen molar-refractivity contribution in [3.05, 3.63) is 35.9 Å². The minimum atomic E-state index is -0.359. The smallest absolute Gasteiger partial charge is 0.239 e. The highest BCUT2D eigenvalue weighted by Gasteiger charge is 2.31. The van der Waals surface area contributed by atoms with Crippen molar-refractivity contribution in [1.29, 1.82) is 0 Å². The van der Waals surface area contributed by atoms with Gasteiger partial charge in [0.2, 0.25) is 5.91 Å². The fraction of sp³-hybridized carbons (Fsp3) is 0.611. The monoisotopic (exact) mass is 303 g/mol. The van der Waals surface area contributed by atoms with Crippen LogP contribution < -0.4 is 5.73 Å². The fourth-order valence-corrected chi connectivity index (χ4v) is 3.22. The van der Waals surface area contributed by atoms with Crippen LogP contribution in [0.3, 0.4) is 0 Å². The molecule has 1 aromatic rings. The van der Waals surface area contributed by atoms with E-state index in [-0.39, 0.29) is 11.9 Å².